The summed E-state index contributed by atoms with van der Waals surface area (Å²) in [5.74, 6) is 0.277. The zero-order valence-electron chi connectivity index (χ0n) is 17.0. The minimum atomic E-state index is -3.04. The summed E-state index contributed by atoms with van der Waals surface area (Å²) in [7, 11) is 1.33. The quantitative estimate of drug-likeness (QED) is 0.643. The van der Waals surface area contributed by atoms with Gasteiger partial charge in [-0.25, -0.2) is 4.98 Å². The molecule has 0 unspecified atom stereocenters. The fourth-order valence-electron chi connectivity index (χ4n) is 2.68. The first-order valence-electron chi connectivity index (χ1n) is 9.15. The first-order chi connectivity index (χ1) is 14.2. The molecule has 9 heteroatoms. The molecule has 0 fully saturated rings. The van der Waals surface area contributed by atoms with Gasteiger partial charge in [-0.05, 0) is 30.3 Å². The van der Waals surface area contributed by atoms with Crippen LogP contribution in [0.25, 0.3) is 5.82 Å². The van der Waals surface area contributed by atoms with Crippen LogP contribution >= 0.6 is 0 Å². The van der Waals surface area contributed by atoms with Gasteiger partial charge in [0.2, 0.25) is 0 Å². The van der Waals surface area contributed by atoms with E-state index in [1.54, 1.807) is 24.4 Å². The van der Waals surface area contributed by atoms with Gasteiger partial charge in [0.15, 0.2) is 17.3 Å². The van der Waals surface area contributed by atoms with Crippen LogP contribution in [0.4, 0.5) is 14.6 Å². The maximum absolute atomic E-state index is 12.8. The molecule has 1 amide bonds. The molecule has 0 aliphatic carbocycles. The number of aromatic nitrogens is 3. The molecule has 1 N–H and O–H groups in total. The molecule has 30 heavy (non-hydrogen) atoms. The molecule has 0 aliphatic rings. The lowest BCUT2D eigenvalue weighted by atomic mass is 9.92. The zero-order valence-corrected chi connectivity index (χ0v) is 17.0. The van der Waals surface area contributed by atoms with Gasteiger partial charge in [0, 0.05) is 23.2 Å². The van der Waals surface area contributed by atoms with Gasteiger partial charge >= 0.3 is 6.61 Å². The zero-order chi connectivity index (χ0) is 21.9. The number of ether oxygens (including phenoxy) is 2. The van der Waals surface area contributed by atoms with Crippen LogP contribution in [-0.2, 0) is 5.41 Å². The van der Waals surface area contributed by atoms with Crippen LogP contribution in [0, 0.1) is 0 Å². The molecule has 0 saturated carbocycles. The van der Waals surface area contributed by atoms with Crippen molar-refractivity contribution in [2.75, 3.05) is 12.4 Å². The number of benzene rings is 1. The third-order valence-corrected chi connectivity index (χ3v) is 4.23. The molecule has 1 aromatic carbocycles. The Morgan fingerprint density at radius 1 is 1.13 bits per heavy atom. The van der Waals surface area contributed by atoms with Crippen LogP contribution in [0.15, 0.2) is 48.7 Å². The average Bonchev–Trinajstić information content (AvgIpc) is 3.12. The van der Waals surface area contributed by atoms with Crippen LogP contribution in [0.3, 0.4) is 0 Å². The topological polar surface area (TPSA) is 78.3 Å². The van der Waals surface area contributed by atoms with Crippen LogP contribution in [0.5, 0.6) is 11.5 Å². The molecule has 3 rings (SSSR count). The van der Waals surface area contributed by atoms with Crippen molar-refractivity contribution in [3.63, 3.8) is 0 Å². The van der Waals surface area contributed by atoms with E-state index in [2.05, 4.69) is 20.1 Å². The van der Waals surface area contributed by atoms with Crippen molar-refractivity contribution in [3.05, 3.63) is 59.9 Å². The predicted molar refractivity (Wildman–Crippen MR) is 108 cm³/mol. The van der Waals surface area contributed by atoms with Crippen molar-refractivity contribution in [1.82, 2.24) is 14.8 Å². The maximum atomic E-state index is 12.8. The third kappa shape index (κ3) is 4.73. The Bertz CT molecular complexity index is 1030. The highest BCUT2D eigenvalue weighted by atomic mass is 19.3. The average molecular weight is 416 g/mol. The van der Waals surface area contributed by atoms with Gasteiger partial charge in [-0.1, -0.05) is 26.8 Å². The van der Waals surface area contributed by atoms with Crippen LogP contribution in [0.1, 0.15) is 36.8 Å². The van der Waals surface area contributed by atoms with Gasteiger partial charge in [0.05, 0.1) is 12.8 Å². The summed E-state index contributed by atoms with van der Waals surface area (Å²) in [6, 6.07) is 11.2. The number of nitrogens with zero attached hydrogens (tertiary/aromatic N) is 3. The van der Waals surface area contributed by atoms with Crippen LogP contribution in [0.2, 0.25) is 0 Å². The van der Waals surface area contributed by atoms with E-state index in [9.17, 15) is 13.6 Å². The number of hydrogen-bond donors (Lipinski definition) is 1. The van der Waals surface area contributed by atoms with Crippen LogP contribution < -0.4 is 14.8 Å². The van der Waals surface area contributed by atoms with Gasteiger partial charge in [-0.2, -0.15) is 18.6 Å². The SMILES string of the molecule is COc1ccc(C(=O)Nc2cc(C(C)(C)C)nn2-c2ccccn2)cc1OC(F)F. The first-order valence-corrected chi connectivity index (χ1v) is 9.15. The lowest BCUT2D eigenvalue weighted by Crippen LogP contribution is -2.16. The van der Waals surface area contributed by atoms with E-state index >= 15 is 0 Å². The third-order valence-electron chi connectivity index (χ3n) is 4.23. The van der Waals surface area contributed by atoms with E-state index in [-0.39, 0.29) is 22.5 Å². The molecule has 0 bridgehead atoms. The molecule has 0 aliphatic heterocycles. The summed E-state index contributed by atoms with van der Waals surface area (Å²) in [6.45, 7) is 2.96. The van der Waals surface area contributed by atoms with E-state index in [1.165, 1.54) is 30.0 Å². The number of nitrogens with one attached hydrogen (secondary N) is 1. The second kappa shape index (κ2) is 8.48. The van der Waals surface area contributed by atoms with Gasteiger partial charge in [-0.3, -0.25) is 4.79 Å². The number of rotatable bonds is 6. The summed E-state index contributed by atoms with van der Waals surface area (Å²) >= 11 is 0. The number of halogens is 2. The number of pyridine rings is 1. The lowest BCUT2D eigenvalue weighted by molar-refractivity contribution is -0.0512. The summed E-state index contributed by atoms with van der Waals surface area (Å²) in [5, 5.41) is 7.35. The Balaban J connectivity index is 1.96. The monoisotopic (exact) mass is 416 g/mol. The lowest BCUT2D eigenvalue weighted by Gasteiger charge is -2.13. The minimum Gasteiger partial charge on any atom is -0.493 e. The number of amides is 1. The number of methoxy groups -OCH3 is 1. The Hall–Kier alpha value is -3.49. The summed E-state index contributed by atoms with van der Waals surface area (Å²) < 4.78 is 36.3. The van der Waals surface area contributed by atoms with E-state index in [1.807, 2.05) is 26.8 Å². The molecule has 0 saturated heterocycles. The van der Waals surface area contributed by atoms with Crippen molar-refractivity contribution >= 4 is 11.7 Å². The van der Waals surface area contributed by atoms with E-state index in [0.717, 1.165) is 5.69 Å². The second-order valence-corrected chi connectivity index (χ2v) is 7.46. The molecule has 0 spiro atoms. The highest BCUT2D eigenvalue weighted by molar-refractivity contribution is 6.04. The largest absolute Gasteiger partial charge is 0.493 e. The van der Waals surface area contributed by atoms with Crippen molar-refractivity contribution in [3.8, 4) is 17.3 Å². The van der Waals surface area contributed by atoms with Gasteiger partial charge in [0.1, 0.15) is 5.82 Å². The fraction of sp³-hybridized carbons (Fsp3) is 0.286. The standard InChI is InChI=1S/C21H22F2N4O3/c1-21(2,3)16-12-18(27(26-16)17-7-5-6-10-24-17)25-19(28)13-8-9-14(29-4)15(11-13)30-20(22)23/h5-12,20H,1-4H3,(H,25,28). The molecular formula is C21H22F2N4O3. The predicted octanol–water partition coefficient (Wildman–Crippen LogP) is 4.43. The molecule has 2 heterocycles. The van der Waals surface area contributed by atoms with E-state index < -0.39 is 12.5 Å². The normalized spacial score (nSPS) is 11.4. The smallest absolute Gasteiger partial charge is 0.387 e. The summed E-state index contributed by atoms with van der Waals surface area (Å²) in [5.41, 5.74) is 0.607. The van der Waals surface area contributed by atoms with E-state index in [0.29, 0.717) is 11.6 Å². The summed E-state index contributed by atoms with van der Waals surface area (Å²) in [4.78, 5) is 17.1. The molecule has 7 nitrogen and oxygen atoms in total. The Morgan fingerprint density at radius 2 is 1.90 bits per heavy atom. The fourth-order valence-corrected chi connectivity index (χ4v) is 2.68. The van der Waals surface area contributed by atoms with Crippen molar-refractivity contribution < 1.29 is 23.0 Å². The number of hydrogen-bond acceptors (Lipinski definition) is 5. The van der Waals surface area contributed by atoms with E-state index in [4.69, 9.17) is 4.74 Å². The van der Waals surface area contributed by atoms with Gasteiger partial charge in [-0.15, -0.1) is 0 Å². The number of anilines is 1. The summed E-state index contributed by atoms with van der Waals surface area (Å²) in [6.07, 6.45) is 1.62. The minimum absolute atomic E-state index is 0.0976. The Morgan fingerprint density at radius 3 is 2.50 bits per heavy atom. The van der Waals surface area contributed by atoms with Crippen molar-refractivity contribution in [2.24, 2.45) is 0 Å². The second-order valence-electron chi connectivity index (χ2n) is 7.46. The molecule has 3 aromatic rings. The van der Waals surface area contributed by atoms with Crippen LogP contribution in [-0.4, -0.2) is 34.4 Å². The van der Waals surface area contributed by atoms with Gasteiger partial charge < -0.3 is 14.8 Å². The molecule has 0 atom stereocenters. The Kier molecular flexibility index (Phi) is 6.00. The molecule has 2 aromatic heterocycles. The number of alkyl halides is 2. The molecule has 0 radical (unpaired) electrons. The molecular weight excluding hydrogens is 394 g/mol. The van der Waals surface area contributed by atoms with Gasteiger partial charge in [0.25, 0.3) is 5.91 Å². The number of carbonyl (C=O) groups is 1. The number of carbonyl (C=O) groups excluding carboxylic acids is 1. The maximum Gasteiger partial charge on any atom is 0.387 e. The highest BCUT2D eigenvalue weighted by Gasteiger charge is 2.23. The van der Waals surface area contributed by atoms with Crippen molar-refractivity contribution in [1.29, 1.82) is 0 Å². The highest BCUT2D eigenvalue weighted by Crippen LogP contribution is 2.30. The van der Waals surface area contributed by atoms with Crippen molar-refractivity contribution in [2.45, 2.75) is 32.8 Å². The Labute approximate surface area is 172 Å². The first kappa shape index (κ1) is 21.2. The molecule has 158 valence electrons.